The van der Waals surface area contributed by atoms with Gasteiger partial charge in [0.1, 0.15) is 5.01 Å². The fraction of sp³-hybridized carbons (Fsp3) is 0.636. The number of esters is 1. The van der Waals surface area contributed by atoms with Gasteiger partial charge in [-0.25, -0.2) is 4.98 Å². The second-order valence-electron chi connectivity index (χ2n) is 4.14. The summed E-state index contributed by atoms with van der Waals surface area (Å²) in [6, 6.07) is 0. The van der Waals surface area contributed by atoms with Crippen molar-refractivity contribution in [2.45, 2.75) is 32.6 Å². The molecule has 1 aromatic heterocycles. The zero-order chi connectivity index (χ0) is 12.2. The van der Waals surface area contributed by atoms with Gasteiger partial charge in [-0.15, -0.1) is 11.3 Å². The summed E-state index contributed by atoms with van der Waals surface area (Å²) < 4.78 is 10.2. The lowest BCUT2D eigenvalue weighted by atomic mass is 9.96. The molecule has 0 saturated heterocycles. The maximum Gasteiger partial charge on any atom is 0.312 e. The Labute approximate surface area is 99.6 Å². The van der Waals surface area contributed by atoms with Crippen molar-refractivity contribution in [3.05, 3.63) is 10.4 Å². The fourth-order valence-electron chi connectivity index (χ4n) is 1.23. The lowest BCUT2D eigenvalue weighted by Crippen LogP contribution is -2.23. The van der Waals surface area contributed by atoms with E-state index < -0.39 is 0 Å². The first kappa shape index (κ1) is 13.1. The quantitative estimate of drug-likeness (QED) is 0.745. The molecule has 1 heterocycles. The van der Waals surface area contributed by atoms with Crippen LogP contribution in [0.5, 0.6) is 5.88 Å². The monoisotopic (exact) mass is 243 g/mol. The molecule has 0 radical (unpaired) electrons. The van der Waals surface area contributed by atoms with Gasteiger partial charge in [-0.2, -0.15) is 0 Å². The molecule has 90 valence electrons. The SMILES string of the molecule is CCC(=O)Oc1csc(C(C)(C)COC)n1. The smallest absolute Gasteiger partial charge is 0.312 e. The molecular formula is C11H17NO3S. The number of hydrogen-bond donors (Lipinski definition) is 0. The van der Waals surface area contributed by atoms with E-state index in [1.807, 2.05) is 13.8 Å². The third-order valence-corrected chi connectivity index (χ3v) is 3.26. The van der Waals surface area contributed by atoms with Crippen molar-refractivity contribution >= 4 is 17.3 Å². The van der Waals surface area contributed by atoms with E-state index in [-0.39, 0.29) is 11.4 Å². The Balaban J connectivity index is 2.74. The van der Waals surface area contributed by atoms with E-state index >= 15 is 0 Å². The normalized spacial score (nSPS) is 11.5. The Hall–Kier alpha value is -0.940. The number of ether oxygens (including phenoxy) is 2. The number of rotatable bonds is 5. The highest BCUT2D eigenvalue weighted by Crippen LogP contribution is 2.29. The number of hydrogen-bond acceptors (Lipinski definition) is 5. The van der Waals surface area contributed by atoms with Gasteiger partial charge in [-0.3, -0.25) is 4.79 Å². The minimum atomic E-state index is -0.263. The Kier molecular flexibility index (Phi) is 4.44. The van der Waals surface area contributed by atoms with Crippen molar-refractivity contribution in [2.75, 3.05) is 13.7 Å². The highest BCUT2D eigenvalue weighted by Gasteiger charge is 2.25. The molecule has 0 atom stereocenters. The van der Waals surface area contributed by atoms with Crippen LogP contribution < -0.4 is 4.74 Å². The largest absolute Gasteiger partial charge is 0.407 e. The molecule has 1 rings (SSSR count). The van der Waals surface area contributed by atoms with Crippen molar-refractivity contribution in [3.8, 4) is 5.88 Å². The summed E-state index contributed by atoms with van der Waals surface area (Å²) in [4.78, 5) is 15.4. The van der Waals surface area contributed by atoms with Gasteiger partial charge < -0.3 is 9.47 Å². The van der Waals surface area contributed by atoms with Crippen LogP contribution in [0.15, 0.2) is 5.38 Å². The van der Waals surface area contributed by atoms with E-state index in [1.165, 1.54) is 11.3 Å². The molecule has 0 N–H and O–H groups in total. The van der Waals surface area contributed by atoms with Crippen LogP contribution in [0.4, 0.5) is 0 Å². The van der Waals surface area contributed by atoms with Crippen molar-refractivity contribution < 1.29 is 14.3 Å². The highest BCUT2D eigenvalue weighted by atomic mass is 32.1. The Morgan fingerprint density at radius 1 is 1.56 bits per heavy atom. The molecule has 0 aliphatic rings. The van der Waals surface area contributed by atoms with Crippen LogP contribution >= 0.6 is 11.3 Å². The van der Waals surface area contributed by atoms with Gasteiger partial charge in [0.25, 0.3) is 0 Å². The standard InChI is InChI=1S/C11H17NO3S/c1-5-9(13)15-8-6-16-10(12-8)11(2,3)7-14-4/h6H,5,7H2,1-4H3. The summed E-state index contributed by atoms with van der Waals surface area (Å²) in [6.07, 6.45) is 0.355. The molecule has 0 saturated carbocycles. The van der Waals surface area contributed by atoms with E-state index in [0.717, 1.165) is 5.01 Å². The van der Waals surface area contributed by atoms with E-state index in [4.69, 9.17) is 9.47 Å². The molecule has 0 aliphatic carbocycles. The molecular weight excluding hydrogens is 226 g/mol. The number of nitrogens with zero attached hydrogens (tertiary/aromatic N) is 1. The summed E-state index contributed by atoms with van der Waals surface area (Å²) in [5.41, 5.74) is -0.156. The lowest BCUT2D eigenvalue weighted by molar-refractivity contribution is -0.134. The summed E-state index contributed by atoms with van der Waals surface area (Å²) in [5.74, 6) is 0.123. The van der Waals surface area contributed by atoms with Crippen LogP contribution in [0.2, 0.25) is 0 Å². The second kappa shape index (κ2) is 5.41. The first-order chi connectivity index (χ1) is 7.49. The van der Waals surface area contributed by atoms with Crippen LogP contribution in [-0.2, 0) is 14.9 Å². The average Bonchev–Trinajstić information content (AvgIpc) is 2.66. The number of aromatic nitrogens is 1. The van der Waals surface area contributed by atoms with E-state index in [9.17, 15) is 4.79 Å². The van der Waals surface area contributed by atoms with Crippen LogP contribution in [0.3, 0.4) is 0 Å². The van der Waals surface area contributed by atoms with Crippen molar-refractivity contribution in [2.24, 2.45) is 0 Å². The number of carbonyl (C=O) groups is 1. The van der Waals surface area contributed by atoms with E-state index in [1.54, 1.807) is 19.4 Å². The summed E-state index contributed by atoms with van der Waals surface area (Å²) in [5, 5.41) is 2.66. The number of carbonyl (C=O) groups excluding carboxylic acids is 1. The van der Waals surface area contributed by atoms with Gasteiger partial charge in [-0.1, -0.05) is 20.8 Å². The van der Waals surface area contributed by atoms with Crippen molar-refractivity contribution in [1.82, 2.24) is 4.98 Å². The minimum absolute atomic E-state index is 0.156. The maximum atomic E-state index is 11.1. The average molecular weight is 243 g/mol. The maximum absolute atomic E-state index is 11.1. The molecule has 0 amide bonds. The lowest BCUT2D eigenvalue weighted by Gasteiger charge is -2.19. The van der Waals surface area contributed by atoms with Gasteiger partial charge in [-0.05, 0) is 0 Å². The fourth-order valence-corrected chi connectivity index (χ4v) is 2.06. The Bertz CT molecular complexity index is 360. The molecule has 0 aliphatic heterocycles. The Morgan fingerprint density at radius 2 is 2.25 bits per heavy atom. The molecule has 0 fully saturated rings. The van der Waals surface area contributed by atoms with E-state index in [0.29, 0.717) is 18.9 Å². The minimum Gasteiger partial charge on any atom is -0.407 e. The van der Waals surface area contributed by atoms with Crippen molar-refractivity contribution in [3.63, 3.8) is 0 Å². The first-order valence-corrected chi connectivity index (χ1v) is 6.03. The van der Waals surface area contributed by atoms with Crippen LogP contribution in [0.1, 0.15) is 32.2 Å². The van der Waals surface area contributed by atoms with Crippen LogP contribution in [0, 0.1) is 0 Å². The second-order valence-corrected chi connectivity index (χ2v) is 4.99. The topological polar surface area (TPSA) is 48.4 Å². The molecule has 0 unspecified atom stereocenters. The van der Waals surface area contributed by atoms with E-state index in [2.05, 4.69) is 4.98 Å². The summed E-state index contributed by atoms with van der Waals surface area (Å²) in [6.45, 7) is 6.42. The molecule has 4 nitrogen and oxygen atoms in total. The zero-order valence-electron chi connectivity index (χ0n) is 10.1. The van der Waals surface area contributed by atoms with Gasteiger partial charge in [0, 0.05) is 18.9 Å². The molecule has 1 aromatic rings. The third-order valence-electron chi connectivity index (χ3n) is 2.07. The van der Waals surface area contributed by atoms with Crippen LogP contribution in [-0.4, -0.2) is 24.7 Å². The van der Waals surface area contributed by atoms with Crippen molar-refractivity contribution in [1.29, 1.82) is 0 Å². The van der Waals surface area contributed by atoms with Gasteiger partial charge in [0.15, 0.2) is 0 Å². The van der Waals surface area contributed by atoms with Gasteiger partial charge in [0.05, 0.1) is 12.0 Å². The first-order valence-electron chi connectivity index (χ1n) is 5.15. The number of methoxy groups -OCH3 is 1. The third kappa shape index (κ3) is 3.28. The zero-order valence-corrected chi connectivity index (χ0v) is 10.9. The molecule has 16 heavy (non-hydrogen) atoms. The van der Waals surface area contributed by atoms with Gasteiger partial charge >= 0.3 is 5.97 Å². The molecule has 0 aromatic carbocycles. The highest BCUT2D eigenvalue weighted by molar-refractivity contribution is 7.10. The Morgan fingerprint density at radius 3 is 2.81 bits per heavy atom. The number of thiazole rings is 1. The molecule has 0 bridgehead atoms. The summed E-state index contributed by atoms with van der Waals surface area (Å²) >= 11 is 1.48. The predicted molar refractivity (Wildman–Crippen MR) is 62.9 cm³/mol. The van der Waals surface area contributed by atoms with Crippen LogP contribution in [0.25, 0.3) is 0 Å². The van der Waals surface area contributed by atoms with Gasteiger partial charge in [0.2, 0.25) is 5.88 Å². The molecule has 0 spiro atoms. The predicted octanol–water partition coefficient (Wildman–Crippen LogP) is 2.38. The summed E-state index contributed by atoms with van der Waals surface area (Å²) in [7, 11) is 1.66. The molecule has 5 heteroatoms.